The van der Waals surface area contributed by atoms with Crippen LogP contribution >= 0.6 is 0 Å². The maximum atomic E-state index is 12.9. The second-order valence-corrected chi connectivity index (χ2v) is 7.26. The lowest BCUT2D eigenvalue weighted by molar-refractivity contribution is -0.135. The summed E-state index contributed by atoms with van der Waals surface area (Å²) in [6, 6.07) is 3.83. The van der Waals surface area contributed by atoms with E-state index in [0.29, 0.717) is 18.4 Å². The molecule has 0 aromatic carbocycles. The van der Waals surface area contributed by atoms with E-state index in [1.54, 1.807) is 6.20 Å². The van der Waals surface area contributed by atoms with Gasteiger partial charge in [0.2, 0.25) is 5.91 Å². The number of hydrogen-bond acceptors (Lipinski definition) is 4. The molecule has 1 saturated heterocycles. The highest BCUT2D eigenvalue weighted by Gasteiger charge is 2.28. The molecule has 0 saturated carbocycles. The number of rotatable bonds is 7. The molecule has 1 aromatic rings. The van der Waals surface area contributed by atoms with Crippen molar-refractivity contribution in [2.75, 3.05) is 19.7 Å². The number of nitrogens with zero attached hydrogens (tertiary/aromatic N) is 2. The number of hydrogen-bond donors (Lipinski definition) is 2. The second kappa shape index (κ2) is 9.14. The van der Waals surface area contributed by atoms with Crippen molar-refractivity contribution in [1.29, 1.82) is 0 Å². The molecule has 1 atom stereocenters. The van der Waals surface area contributed by atoms with Crippen molar-refractivity contribution in [3.05, 3.63) is 29.6 Å². The Kier molecular flexibility index (Phi) is 7.18. The van der Waals surface area contributed by atoms with Gasteiger partial charge < -0.3 is 15.3 Å². The number of likely N-dealkylation sites (tertiary alicyclic amines) is 1. The topological polar surface area (TPSA) is 65.5 Å². The molecule has 1 aliphatic rings. The van der Waals surface area contributed by atoms with Gasteiger partial charge in [-0.05, 0) is 49.7 Å². The Morgan fingerprint density at radius 1 is 1.42 bits per heavy atom. The molecule has 1 aliphatic heterocycles. The van der Waals surface area contributed by atoms with E-state index in [1.165, 1.54) is 0 Å². The molecule has 0 aliphatic carbocycles. The van der Waals surface area contributed by atoms with Gasteiger partial charge in [-0.3, -0.25) is 9.78 Å². The first-order valence-electron chi connectivity index (χ1n) is 9.04. The van der Waals surface area contributed by atoms with Crippen LogP contribution in [0.25, 0.3) is 0 Å². The molecule has 0 radical (unpaired) electrons. The van der Waals surface area contributed by atoms with Crippen LogP contribution in [0.1, 0.15) is 44.4 Å². The lowest BCUT2D eigenvalue weighted by atomic mass is 9.96. The number of aryl methyl sites for hydroxylation is 1. The second-order valence-electron chi connectivity index (χ2n) is 7.26. The normalized spacial score (nSPS) is 17.3. The third-order valence-electron chi connectivity index (χ3n) is 4.84. The molecular weight excluding hydrogens is 302 g/mol. The fourth-order valence-electron chi connectivity index (χ4n) is 3.24. The molecule has 1 amide bonds. The van der Waals surface area contributed by atoms with Crippen LogP contribution in [0, 0.1) is 18.8 Å². The van der Waals surface area contributed by atoms with Gasteiger partial charge in [0.1, 0.15) is 0 Å². The first kappa shape index (κ1) is 18.9. The zero-order valence-electron chi connectivity index (χ0n) is 15.2. The summed E-state index contributed by atoms with van der Waals surface area (Å²) in [7, 11) is 0. The standard InChI is InChI=1S/C19H31N3O2/c1-14(2)11-18(21-12-17-5-4-8-20-15(17)3)19(24)22-9-6-16(13-23)7-10-22/h4-5,8,14,16,18,21,23H,6-7,9-13H2,1-3H3. The van der Waals surface area contributed by atoms with Crippen molar-refractivity contribution < 1.29 is 9.90 Å². The maximum absolute atomic E-state index is 12.9. The van der Waals surface area contributed by atoms with Crippen LogP contribution in [0.15, 0.2) is 18.3 Å². The number of aliphatic hydroxyl groups is 1. The summed E-state index contributed by atoms with van der Waals surface area (Å²) in [5, 5.41) is 12.7. The van der Waals surface area contributed by atoms with Crippen molar-refractivity contribution in [3.8, 4) is 0 Å². The molecule has 5 heteroatoms. The summed E-state index contributed by atoms with van der Waals surface area (Å²) in [6.45, 7) is 8.70. The van der Waals surface area contributed by atoms with Gasteiger partial charge in [-0.25, -0.2) is 0 Å². The van der Waals surface area contributed by atoms with Crippen molar-refractivity contribution in [2.24, 2.45) is 11.8 Å². The van der Waals surface area contributed by atoms with Gasteiger partial charge in [-0.2, -0.15) is 0 Å². The van der Waals surface area contributed by atoms with E-state index in [-0.39, 0.29) is 18.6 Å². The highest BCUT2D eigenvalue weighted by Crippen LogP contribution is 2.19. The van der Waals surface area contributed by atoms with Crippen molar-refractivity contribution in [2.45, 2.75) is 52.6 Å². The number of aromatic nitrogens is 1. The summed E-state index contributed by atoms with van der Waals surface area (Å²) >= 11 is 0. The van der Waals surface area contributed by atoms with Crippen LogP contribution in [0.5, 0.6) is 0 Å². The summed E-state index contributed by atoms with van der Waals surface area (Å²) in [5.74, 6) is 1.00. The highest BCUT2D eigenvalue weighted by molar-refractivity contribution is 5.82. The minimum Gasteiger partial charge on any atom is -0.396 e. The number of nitrogens with one attached hydrogen (secondary N) is 1. The molecule has 1 aromatic heterocycles. The molecule has 2 N–H and O–H groups in total. The first-order chi connectivity index (χ1) is 11.5. The van der Waals surface area contributed by atoms with Crippen molar-refractivity contribution >= 4 is 5.91 Å². The van der Waals surface area contributed by atoms with E-state index < -0.39 is 0 Å². The summed E-state index contributed by atoms with van der Waals surface area (Å²) in [5.41, 5.74) is 2.14. The SMILES string of the molecule is Cc1ncccc1CNC(CC(C)C)C(=O)N1CCC(CO)CC1. The molecule has 2 rings (SSSR count). The van der Waals surface area contributed by atoms with Gasteiger partial charge in [0.05, 0.1) is 6.04 Å². The largest absolute Gasteiger partial charge is 0.396 e. The quantitative estimate of drug-likeness (QED) is 0.802. The van der Waals surface area contributed by atoms with E-state index >= 15 is 0 Å². The average molecular weight is 333 g/mol. The zero-order chi connectivity index (χ0) is 17.5. The molecule has 1 unspecified atom stereocenters. The molecular formula is C19H31N3O2. The molecule has 2 heterocycles. The van der Waals surface area contributed by atoms with E-state index in [2.05, 4.69) is 30.2 Å². The van der Waals surface area contributed by atoms with Crippen LogP contribution < -0.4 is 5.32 Å². The van der Waals surface area contributed by atoms with Crippen LogP contribution in [0.3, 0.4) is 0 Å². The minimum absolute atomic E-state index is 0.157. The zero-order valence-corrected chi connectivity index (χ0v) is 15.2. The molecule has 0 bridgehead atoms. The highest BCUT2D eigenvalue weighted by atomic mass is 16.3. The third-order valence-corrected chi connectivity index (χ3v) is 4.84. The summed E-state index contributed by atoms with van der Waals surface area (Å²) < 4.78 is 0. The molecule has 24 heavy (non-hydrogen) atoms. The van der Waals surface area contributed by atoms with Crippen LogP contribution in [0.4, 0.5) is 0 Å². The van der Waals surface area contributed by atoms with Crippen molar-refractivity contribution in [3.63, 3.8) is 0 Å². The lowest BCUT2D eigenvalue weighted by Gasteiger charge is -2.34. The molecule has 134 valence electrons. The predicted molar refractivity (Wildman–Crippen MR) is 95.4 cm³/mol. The third kappa shape index (κ3) is 5.28. The summed E-state index contributed by atoms with van der Waals surface area (Å²) in [6.07, 6.45) is 4.43. The lowest BCUT2D eigenvalue weighted by Crippen LogP contribution is -2.49. The van der Waals surface area contributed by atoms with Gasteiger partial charge in [0.15, 0.2) is 0 Å². The number of carbonyl (C=O) groups excluding carboxylic acids is 1. The van der Waals surface area contributed by atoms with E-state index in [0.717, 1.165) is 43.6 Å². The Morgan fingerprint density at radius 2 is 2.12 bits per heavy atom. The van der Waals surface area contributed by atoms with E-state index in [9.17, 15) is 9.90 Å². The Labute approximate surface area is 145 Å². The Hall–Kier alpha value is -1.46. The number of amides is 1. The van der Waals surface area contributed by atoms with Gasteiger partial charge in [0.25, 0.3) is 0 Å². The summed E-state index contributed by atoms with van der Waals surface area (Å²) in [4.78, 5) is 19.2. The van der Waals surface area contributed by atoms with Crippen LogP contribution in [-0.2, 0) is 11.3 Å². The number of piperidine rings is 1. The van der Waals surface area contributed by atoms with Crippen LogP contribution in [-0.4, -0.2) is 46.6 Å². The molecule has 1 fully saturated rings. The van der Waals surface area contributed by atoms with Gasteiger partial charge >= 0.3 is 0 Å². The number of pyridine rings is 1. The van der Waals surface area contributed by atoms with Gasteiger partial charge in [-0.1, -0.05) is 19.9 Å². The monoisotopic (exact) mass is 333 g/mol. The number of carbonyl (C=O) groups is 1. The fraction of sp³-hybridized carbons (Fsp3) is 0.684. The molecule has 0 spiro atoms. The van der Waals surface area contributed by atoms with Gasteiger partial charge in [0, 0.05) is 38.1 Å². The fourth-order valence-corrected chi connectivity index (χ4v) is 3.24. The van der Waals surface area contributed by atoms with E-state index in [4.69, 9.17) is 0 Å². The van der Waals surface area contributed by atoms with Gasteiger partial charge in [-0.15, -0.1) is 0 Å². The smallest absolute Gasteiger partial charge is 0.239 e. The van der Waals surface area contributed by atoms with Crippen molar-refractivity contribution in [1.82, 2.24) is 15.2 Å². The Bertz CT molecular complexity index is 525. The first-order valence-corrected chi connectivity index (χ1v) is 9.04. The molecule has 5 nitrogen and oxygen atoms in total. The van der Waals surface area contributed by atoms with Crippen LogP contribution in [0.2, 0.25) is 0 Å². The maximum Gasteiger partial charge on any atom is 0.239 e. The van der Waals surface area contributed by atoms with E-state index in [1.807, 2.05) is 17.9 Å². The average Bonchev–Trinajstić information content (AvgIpc) is 2.59. The predicted octanol–water partition coefficient (Wildman–Crippen LogP) is 2.13. The minimum atomic E-state index is -0.157. The Morgan fingerprint density at radius 3 is 2.71 bits per heavy atom. The number of aliphatic hydroxyl groups excluding tert-OH is 1. The Balaban J connectivity index is 1.97.